The van der Waals surface area contributed by atoms with Gasteiger partial charge in [-0.1, -0.05) is 113 Å². The molecule has 0 N–H and O–H groups in total. The SMILES string of the molecule is CCc1cccc(-c2cccc3[cH-]c(C)cc23)c1.CCc1cccc(-c2cccc3[cH-]c(C)cc23)c1.C[Si]C.[Cl][Zr+2][Cl]. The van der Waals surface area contributed by atoms with Crippen molar-refractivity contribution in [2.45, 2.75) is 53.6 Å². The fraction of sp³-hybridized carbons (Fsp3) is 0.211. The quantitative estimate of drug-likeness (QED) is 0.128. The molecule has 6 rings (SSSR count). The summed E-state index contributed by atoms with van der Waals surface area (Å²) in [5, 5.41) is 5.41. The average Bonchev–Trinajstić information content (AvgIpc) is 3.59. The maximum atomic E-state index is 4.93. The number of fused-ring (bicyclic) bond motifs is 2. The summed E-state index contributed by atoms with van der Waals surface area (Å²) in [6.45, 7) is 13.0. The van der Waals surface area contributed by atoms with Crippen LogP contribution in [-0.2, 0) is 33.7 Å². The second-order valence-corrected chi connectivity index (χ2v) is 15.1. The van der Waals surface area contributed by atoms with E-state index in [-0.39, 0.29) is 0 Å². The Morgan fingerprint density at radius 2 is 0.952 bits per heavy atom. The van der Waals surface area contributed by atoms with Crippen LogP contribution in [0.4, 0.5) is 0 Å². The van der Waals surface area contributed by atoms with Gasteiger partial charge in [0.1, 0.15) is 0 Å². The minimum atomic E-state index is -0.826. The molecule has 42 heavy (non-hydrogen) atoms. The summed E-state index contributed by atoms with van der Waals surface area (Å²) in [4.78, 5) is 0. The van der Waals surface area contributed by atoms with Crippen LogP contribution in [0.3, 0.4) is 0 Å². The van der Waals surface area contributed by atoms with Crippen LogP contribution in [-0.4, -0.2) is 9.52 Å². The second-order valence-electron chi connectivity index (χ2n) is 10.4. The molecule has 4 heteroatoms. The van der Waals surface area contributed by atoms with E-state index < -0.39 is 20.8 Å². The molecular formula is C38H40Cl2SiZr. The fourth-order valence-electron chi connectivity index (χ4n) is 5.19. The standard InChI is InChI=1S/2C18H17.C2H6Si.2ClH.Zr/c2*1-3-14-6-4-7-16(12-14)17-9-5-8-15-10-13(2)11-18(15)17;1-3-2;;;/h2*4-12H,3H2,1-2H3;1-2H3;2*1H;/q2*-1;;;;+4/p-2. The number of benzene rings is 4. The molecule has 0 fully saturated rings. The van der Waals surface area contributed by atoms with Crippen molar-refractivity contribution >= 4 is 48.1 Å². The Hall–Kier alpha value is -2.22. The molecule has 0 aromatic heterocycles. The van der Waals surface area contributed by atoms with Crippen molar-refractivity contribution in [3.05, 3.63) is 131 Å². The fourth-order valence-corrected chi connectivity index (χ4v) is 5.19. The van der Waals surface area contributed by atoms with Gasteiger partial charge in [0.15, 0.2) is 0 Å². The number of halogens is 2. The van der Waals surface area contributed by atoms with Crippen molar-refractivity contribution in [1.29, 1.82) is 0 Å². The maximum absolute atomic E-state index is 4.93. The topological polar surface area (TPSA) is 0 Å². The van der Waals surface area contributed by atoms with Crippen LogP contribution in [0.5, 0.6) is 0 Å². The molecule has 0 aliphatic rings. The summed E-state index contributed by atoms with van der Waals surface area (Å²) in [7, 11) is 11.0. The van der Waals surface area contributed by atoms with Crippen molar-refractivity contribution < 1.29 is 20.8 Å². The predicted octanol–water partition coefficient (Wildman–Crippen LogP) is 12.4. The second kappa shape index (κ2) is 17.8. The molecule has 2 radical (unpaired) electrons. The molecule has 6 aromatic rings. The van der Waals surface area contributed by atoms with E-state index in [4.69, 9.17) is 17.0 Å². The third-order valence-corrected chi connectivity index (χ3v) is 7.08. The predicted molar refractivity (Wildman–Crippen MR) is 187 cm³/mol. The van der Waals surface area contributed by atoms with Crippen molar-refractivity contribution in [2.75, 3.05) is 0 Å². The van der Waals surface area contributed by atoms with Crippen molar-refractivity contribution in [2.24, 2.45) is 0 Å². The summed E-state index contributed by atoms with van der Waals surface area (Å²) >= 11 is -0.826. The zero-order valence-electron chi connectivity index (χ0n) is 25.6. The molecule has 0 aliphatic heterocycles. The van der Waals surface area contributed by atoms with Gasteiger partial charge in [-0.2, -0.15) is 12.1 Å². The molecule has 0 atom stereocenters. The molecule has 0 amide bonds. The first-order valence-electron chi connectivity index (χ1n) is 14.4. The van der Waals surface area contributed by atoms with E-state index in [1.165, 1.54) is 66.1 Å². The van der Waals surface area contributed by atoms with E-state index in [1.54, 1.807) is 0 Å². The Morgan fingerprint density at radius 3 is 1.31 bits per heavy atom. The van der Waals surface area contributed by atoms with Crippen LogP contribution in [0.1, 0.15) is 36.1 Å². The number of hydrogen-bond donors (Lipinski definition) is 0. The summed E-state index contributed by atoms with van der Waals surface area (Å²) < 4.78 is 0. The molecule has 214 valence electrons. The van der Waals surface area contributed by atoms with E-state index in [0.29, 0.717) is 0 Å². The van der Waals surface area contributed by atoms with Crippen LogP contribution in [0.25, 0.3) is 43.8 Å². The van der Waals surface area contributed by atoms with Crippen LogP contribution in [0.2, 0.25) is 13.1 Å². The summed E-state index contributed by atoms with van der Waals surface area (Å²) in [5.74, 6) is 0. The Morgan fingerprint density at radius 1 is 0.595 bits per heavy atom. The van der Waals surface area contributed by atoms with Crippen LogP contribution in [0.15, 0.2) is 109 Å². The average molecular weight is 687 g/mol. The molecule has 0 bridgehead atoms. The molecule has 6 aromatic carbocycles. The first-order valence-corrected chi connectivity index (χ1v) is 22.8. The van der Waals surface area contributed by atoms with Gasteiger partial charge in [0.2, 0.25) is 0 Å². The molecule has 0 heterocycles. The van der Waals surface area contributed by atoms with Gasteiger partial charge in [0.25, 0.3) is 0 Å². The summed E-state index contributed by atoms with van der Waals surface area (Å²) in [5.41, 5.74) is 10.8. The van der Waals surface area contributed by atoms with Gasteiger partial charge in [0, 0.05) is 9.52 Å². The van der Waals surface area contributed by atoms with Crippen LogP contribution in [0, 0.1) is 13.8 Å². The Kier molecular flexibility index (Phi) is 14.5. The Bertz CT molecular complexity index is 1550. The number of hydrogen-bond acceptors (Lipinski definition) is 0. The van der Waals surface area contributed by atoms with E-state index >= 15 is 0 Å². The van der Waals surface area contributed by atoms with E-state index in [0.717, 1.165) is 22.4 Å². The Balaban J connectivity index is 0.000000195. The van der Waals surface area contributed by atoms with Crippen molar-refractivity contribution in [3.8, 4) is 22.3 Å². The molecular weight excluding hydrogens is 647 g/mol. The third-order valence-electron chi connectivity index (χ3n) is 7.08. The zero-order chi connectivity index (χ0) is 30.5. The van der Waals surface area contributed by atoms with Gasteiger partial charge >= 0.3 is 37.9 Å². The van der Waals surface area contributed by atoms with Crippen LogP contribution < -0.4 is 0 Å². The molecule has 0 aliphatic carbocycles. The Labute approximate surface area is 274 Å². The van der Waals surface area contributed by atoms with E-state index in [1.807, 2.05) is 0 Å². The molecule has 0 unspecified atom stereocenters. The molecule has 0 spiro atoms. The summed E-state index contributed by atoms with van der Waals surface area (Å²) in [6.07, 6.45) is 2.17. The normalized spacial score (nSPS) is 10.1. The first kappa shape index (κ1) is 34.3. The van der Waals surface area contributed by atoms with Gasteiger partial charge in [-0.3, -0.25) is 0 Å². The minimum absolute atomic E-state index is 0.826. The van der Waals surface area contributed by atoms with E-state index in [2.05, 4.69) is 150 Å². The zero-order valence-corrected chi connectivity index (χ0v) is 30.5. The molecule has 0 saturated heterocycles. The van der Waals surface area contributed by atoms with Gasteiger partial charge in [0.05, 0.1) is 0 Å². The van der Waals surface area contributed by atoms with E-state index in [9.17, 15) is 0 Å². The van der Waals surface area contributed by atoms with Crippen LogP contribution >= 0.6 is 17.0 Å². The van der Waals surface area contributed by atoms with Gasteiger partial charge < -0.3 is 0 Å². The first-order chi connectivity index (χ1) is 20.4. The monoisotopic (exact) mass is 684 g/mol. The van der Waals surface area contributed by atoms with Gasteiger partial charge in [-0.25, -0.2) is 0 Å². The van der Waals surface area contributed by atoms with Crippen molar-refractivity contribution in [3.63, 3.8) is 0 Å². The number of aryl methyl sites for hydroxylation is 4. The van der Waals surface area contributed by atoms with Gasteiger partial charge in [-0.15, -0.1) is 69.1 Å². The van der Waals surface area contributed by atoms with Gasteiger partial charge in [-0.05, 0) is 35.1 Å². The molecule has 0 saturated carbocycles. The number of rotatable bonds is 4. The third kappa shape index (κ3) is 9.39. The summed E-state index contributed by atoms with van der Waals surface area (Å²) in [6, 6.07) is 39.9. The molecule has 0 nitrogen and oxygen atoms in total. The van der Waals surface area contributed by atoms with Crippen molar-refractivity contribution in [1.82, 2.24) is 0 Å².